The van der Waals surface area contributed by atoms with Crippen molar-refractivity contribution in [3.63, 3.8) is 0 Å². The summed E-state index contributed by atoms with van der Waals surface area (Å²) in [4.78, 5) is 34.8. The van der Waals surface area contributed by atoms with Crippen LogP contribution < -0.4 is 16.6 Å². The van der Waals surface area contributed by atoms with Crippen molar-refractivity contribution in [1.82, 2.24) is 24.8 Å². The maximum absolute atomic E-state index is 12.9. The van der Waals surface area contributed by atoms with Gasteiger partial charge in [-0.15, -0.1) is 0 Å². The second-order valence-corrected chi connectivity index (χ2v) is 19.1. The Morgan fingerprint density at radius 3 is 2.16 bits per heavy atom. The molecule has 1 saturated heterocycles. The van der Waals surface area contributed by atoms with Crippen LogP contribution in [0, 0.1) is 47.3 Å². The zero-order valence-electron chi connectivity index (χ0n) is 32.9. The Bertz CT molecular complexity index is 1400. The fraction of sp³-hybridized carbons (Fsp3) is 0.857. The number of rotatable bonds is 20. The number of thioether (sulfide) groups is 1. The molecule has 0 amide bonds. The molecule has 12 nitrogen and oxygen atoms in total. The molecular weight excluding hydrogens is 674 g/mol. The third-order valence-electron chi connectivity index (χ3n) is 12.9. The molecule has 50 heavy (non-hydrogen) atoms. The van der Waals surface area contributed by atoms with Crippen LogP contribution in [0.25, 0.3) is 11.2 Å². The topological polar surface area (TPSA) is 170 Å². The molecule has 0 bridgehead atoms. The predicted octanol–water partition coefficient (Wildman–Crippen LogP) is 5.40. The Hall–Kier alpha value is -1.25. The molecule has 15 heteroatoms. The molecule has 6 N–H and O–H groups in total. The molecular formula is C35H68BN6O6PS. The van der Waals surface area contributed by atoms with Gasteiger partial charge in [0.25, 0.3) is 0 Å². The van der Waals surface area contributed by atoms with Crippen molar-refractivity contribution in [3.8, 4) is 0 Å². The number of anilines is 1. The van der Waals surface area contributed by atoms with Crippen molar-refractivity contribution in [2.24, 2.45) is 47.3 Å². The van der Waals surface area contributed by atoms with Gasteiger partial charge in [-0.05, 0) is 54.3 Å². The molecule has 0 aliphatic carbocycles. The minimum atomic E-state index is -3.29. The zero-order chi connectivity index (χ0) is 37.7. The quantitative estimate of drug-likeness (QED) is 0.0510. The van der Waals surface area contributed by atoms with Gasteiger partial charge in [0.05, 0.1) is 0 Å². The van der Waals surface area contributed by atoms with E-state index in [9.17, 15) is 14.8 Å². The fourth-order valence-electron chi connectivity index (χ4n) is 7.67. The molecule has 1 aliphatic heterocycles. The van der Waals surface area contributed by atoms with Gasteiger partial charge in [0.2, 0.25) is 0 Å². The van der Waals surface area contributed by atoms with Crippen molar-refractivity contribution in [2.75, 3.05) is 31.7 Å². The molecule has 2 aromatic heterocycles. The maximum atomic E-state index is 12.9. The first-order valence-corrected chi connectivity index (χ1v) is 22.0. The summed E-state index contributed by atoms with van der Waals surface area (Å²) in [5, 5.41) is 15.7. The Labute approximate surface area is 306 Å². The van der Waals surface area contributed by atoms with Gasteiger partial charge in [-0.25, -0.2) is 0 Å². The number of aliphatic hydroxyl groups is 1. The van der Waals surface area contributed by atoms with Crippen LogP contribution >= 0.6 is 19.6 Å². The number of aromatic nitrogens is 4. The summed E-state index contributed by atoms with van der Waals surface area (Å²) >= 11 is 1.49. The standard InChI is InChI=1S/C35H68BN6O6PS/c1-13-19(3)21(5)23(7)25(9)35(11,26(10)24(8)22(6)20(4)14-2)38-15-16-50-34-39-29-30(40-33(37)41-31(29)44)42(34)32-28(43)17-27(48-32)18-47-49(36,45)46-12/h19-28,32,38,43,45,49H,13-18,36H2,1-12H3,(H3,37,40,41,44)/t19?,20?,21?,22?,23?,24?,25?,26?,27-,28-,32+,35?/m0/s1. The van der Waals surface area contributed by atoms with Crippen LogP contribution in [0.15, 0.2) is 9.95 Å². The average molecular weight is 743 g/mol. The van der Waals surface area contributed by atoms with Crippen molar-refractivity contribution in [2.45, 2.75) is 125 Å². The number of nitrogen functional groups attached to an aromatic ring is 1. The summed E-state index contributed by atoms with van der Waals surface area (Å²) in [5.41, 5.74) is 5.75. The SMILES string of the molecule is B[PH](O)(OC)OC[C@@H]1C[C@H](O)[C@H](n2c(SCCNC(C)(C(C)C(C)C(C)C(C)CC)C(C)C(C)C(C)C(C)CC)nc3c(=O)[nH]c(N)nc32)O1. The number of hydrogen-bond donors (Lipinski definition) is 5. The van der Waals surface area contributed by atoms with Crippen molar-refractivity contribution in [1.29, 1.82) is 0 Å². The van der Waals surface area contributed by atoms with E-state index in [0.29, 0.717) is 64.8 Å². The molecule has 0 spiro atoms. The third-order valence-corrected chi connectivity index (χ3v) is 15.3. The number of ether oxygens (including phenoxy) is 1. The van der Waals surface area contributed by atoms with Crippen LogP contribution in [0.4, 0.5) is 5.95 Å². The van der Waals surface area contributed by atoms with Crippen LogP contribution in [0.3, 0.4) is 0 Å². The van der Waals surface area contributed by atoms with Crippen LogP contribution in [-0.4, -0.2) is 80.8 Å². The second kappa shape index (κ2) is 18.2. The number of nitrogens with zero attached hydrogens (tertiary/aromatic N) is 3. The van der Waals surface area contributed by atoms with Crippen LogP contribution in [0.2, 0.25) is 0 Å². The molecule has 11 atom stereocenters. The fourth-order valence-corrected chi connectivity index (χ4v) is 9.16. The van der Waals surface area contributed by atoms with Gasteiger partial charge in [0.1, 0.15) is 0 Å². The molecule has 2 aromatic rings. The summed E-state index contributed by atoms with van der Waals surface area (Å²) in [6, 6.07) is 0. The molecule has 8 unspecified atom stereocenters. The molecule has 3 heterocycles. The first-order valence-electron chi connectivity index (χ1n) is 18.7. The molecule has 1 fully saturated rings. The number of hydrogen-bond acceptors (Lipinski definition) is 11. The number of fused-ring (bicyclic) bond motifs is 1. The van der Waals surface area contributed by atoms with Gasteiger partial charge in [-0.3, -0.25) is 0 Å². The summed E-state index contributed by atoms with van der Waals surface area (Å²) in [5.74, 6) is 4.95. The third kappa shape index (κ3) is 9.84. The Balaban J connectivity index is 1.89. The van der Waals surface area contributed by atoms with Crippen LogP contribution in [0.1, 0.15) is 102 Å². The molecule has 0 aromatic carbocycles. The van der Waals surface area contributed by atoms with E-state index in [2.05, 4.69) is 96.4 Å². The first kappa shape index (κ1) is 43.2. The summed E-state index contributed by atoms with van der Waals surface area (Å²) < 4.78 is 18.6. The summed E-state index contributed by atoms with van der Waals surface area (Å²) in [6.45, 7) is 27.0. The second-order valence-electron chi connectivity index (χ2n) is 15.6. The zero-order valence-corrected chi connectivity index (χ0v) is 34.8. The van der Waals surface area contributed by atoms with Crippen molar-refractivity contribution >= 4 is 44.3 Å². The van der Waals surface area contributed by atoms with Gasteiger partial charge >= 0.3 is 171 Å². The average Bonchev–Trinajstić information content (AvgIpc) is 3.64. The number of aliphatic hydroxyl groups excluding tert-OH is 1. The van der Waals surface area contributed by atoms with E-state index in [1.54, 1.807) is 4.57 Å². The van der Waals surface area contributed by atoms with Crippen LogP contribution in [-0.2, 0) is 13.8 Å². The molecule has 288 valence electrons. The van der Waals surface area contributed by atoms with Crippen molar-refractivity contribution in [3.05, 3.63) is 10.4 Å². The van der Waals surface area contributed by atoms with E-state index >= 15 is 0 Å². The normalized spacial score (nSPS) is 25.0. The van der Waals surface area contributed by atoms with E-state index in [-0.39, 0.29) is 35.7 Å². The molecule has 3 rings (SSSR count). The number of aromatic amines is 1. The predicted molar refractivity (Wildman–Crippen MR) is 210 cm³/mol. The molecule has 0 saturated carbocycles. The molecule has 1 aliphatic rings. The van der Waals surface area contributed by atoms with Gasteiger partial charge in [-0.1, -0.05) is 82.1 Å². The van der Waals surface area contributed by atoms with E-state index < -0.39 is 31.8 Å². The van der Waals surface area contributed by atoms with E-state index in [1.165, 1.54) is 39.3 Å². The van der Waals surface area contributed by atoms with E-state index in [4.69, 9.17) is 19.5 Å². The van der Waals surface area contributed by atoms with E-state index in [0.717, 1.165) is 0 Å². The van der Waals surface area contributed by atoms with Gasteiger partial charge in [0, 0.05) is 0 Å². The Morgan fingerprint density at radius 2 is 1.64 bits per heavy atom. The molecule has 0 radical (unpaired) electrons. The van der Waals surface area contributed by atoms with Gasteiger partial charge < -0.3 is 0 Å². The van der Waals surface area contributed by atoms with E-state index in [1.807, 2.05) is 0 Å². The monoisotopic (exact) mass is 742 g/mol. The Kier molecular flexibility index (Phi) is 15.7. The van der Waals surface area contributed by atoms with Gasteiger partial charge in [-0.2, -0.15) is 0 Å². The van der Waals surface area contributed by atoms with Crippen LogP contribution in [0.5, 0.6) is 0 Å². The minimum absolute atomic E-state index is 0.0448. The van der Waals surface area contributed by atoms with Crippen molar-refractivity contribution < 1.29 is 23.8 Å². The van der Waals surface area contributed by atoms with Gasteiger partial charge in [0.15, 0.2) is 0 Å². The summed E-state index contributed by atoms with van der Waals surface area (Å²) in [6.07, 6.45) is 0.291. The number of nitrogens with two attached hydrogens (primary N) is 1. The summed E-state index contributed by atoms with van der Waals surface area (Å²) in [7, 11) is -0.369. The first-order chi connectivity index (χ1) is 23.3. The number of H-pyrrole nitrogens is 1. The number of imidazole rings is 1. The number of nitrogens with one attached hydrogen (secondary N) is 2. The Morgan fingerprint density at radius 1 is 1.08 bits per heavy atom.